The Morgan fingerprint density at radius 3 is 2.61 bits per heavy atom. The lowest BCUT2D eigenvalue weighted by atomic mass is 9.91. The predicted octanol–water partition coefficient (Wildman–Crippen LogP) is 1.08. The Labute approximate surface area is 135 Å². The molecule has 126 valence electrons. The average Bonchev–Trinajstić information content (AvgIpc) is 2.58. The van der Waals surface area contributed by atoms with E-state index in [9.17, 15) is 9.59 Å². The topological polar surface area (TPSA) is 76.5 Å². The molecule has 0 unspecified atom stereocenters. The smallest absolute Gasteiger partial charge is 0.317 e. The molecule has 0 radical (unpaired) electrons. The van der Waals surface area contributed by atoms with Gasteiger partial charge in [-0.1, -0.05) is 0 Å². The molecule has 0 atom stereocenters. The average molecular weight is 320 g/mol. The summed E-state index contributed by atoms with van der Waals surface area (Å²) in [7, 11) is 0. The Balaban J connectivity index is 1.53. The highest BCUT2D eigenvalue weighted by molar-refractivity contribution is 5.74. The van der Waals surface area contributed by atoms with Gasteiger partial charge in [0.05, 0.1) is 24.9 Å². The highest BCUT2D eigenvalue weighted by Crippen LogP contribution is 2.27. The predicted molar refractivity (Wildman–Crippen MR) is 85.5 cm³/mol. The van der Waals surface area contributed by atoms with Gasteiger partial charge in [-0.2, -0.15) is 5.10 Å². The first-order valence-electron chi connectivity index (χ1n) is 8.33. The fraction of sp³-hybridized carbons (Fsp3) is 0.688. The van der Waals surface area contributed by atoms with Crippen molar-refractivity contribution >= 4 is 6.03 Å². The van der Waals surface area contributed by atoms with Crippen LogP contribution in [0.4, 0.5) is 4.79 Å². The number of rotatable bonds is 2. The number of nitrogens with zero attached hydrogens (tertiary/aromatic N) is 3. The summed E-state index contributed by atoms with van der Waals surface area (Å²) in [5, 5.41) is 7.46. The van der Waals surface area contributed by atoms with Crippen LogP contribution in [-0.2, 0) is 4.74 Å². The van der Waals surface area contributed by atoms with Crippen molar-refractivity contribution in [3.63, 3.8) is 0 Å². The fourth-order valence-corrected chi connectivity index (χ4v) is 3.28. The molecular weight excluding hydrogens is 296 g/mol. The monoisotopic (exact) mass is 320 g/mol. The minimum Gasteiger partial charge on any atom is -0.378 e. The number of morpholine rings is 1. The number of aryl methyl sites for hydroxylation is 1. The Kier molecular flexibility index (Phi) is 4.95. The molecule has 0 aromatic carbocycles. The van der Waals surface area contributed by atoms with Gasteiger partial charge in [-0.25, -0.2) is 9.48 Å². The summed E-state index contributed by atoms with van der Waals surface area (Å²) < 4.78 is 6.87. The van der Waals surface area contributed by atoms with E-state index in [0.717, 1.165) is 31.4 Å². The Morgan fingerprint density at radius 2 is 1.91 bits per heavy atom. The number of carbonyl (C=O) groups excluding carboxylic acids is 1. The van der Waals surface area contributed by atoms with Crippen LogP contribution in [0.15, 0.2) is 16.9 Å². The van der Waals surface area contributed by atoms with Gasteiger partial charge in [0.25, 0.3) is 5.56 Å². The van der Waals surface area contributed by atoms with E-state index in [1.165, 1.54) is 0 Å². The number of carbonyl (C=O) groups is 1. The fourth-order valence-electron chi connectivity index (χ4n) is 3.28. The minimum atomic E-state index is -0.0450. The normalized spacial score (nSPS) is 25.2. The number of amides is 2. The molecule has 7 heteroatoms. The van der Waals surface area contributed by atoms with Crippen LogP contribution in [0.5, 0.6) is 0 Å². The molecule has 1 aromatic rings. The number of urea groups is 1. The molecular formula is C16H24N4O3. The van der Waals surface area contributed by atoms with Gasteiger partial charge in [0.1, 0.15) is 0 Å². The third kappa shape index (κ3) is 3.90. The Bertz CT molecular complexity index is 602. The lowest BCUT2D eigenvalue weighted by molar-refractivity contribution is 0.0519. The summed E-state index contributed by atoms with van der Waals surface area (Å²) in [5.74, 6) is 0. The first-order chi connectivity index (χ1) is 11.1. The first kappa shape index (κ1) is 16.0. The number of hydrogen-bond acceptors (Lipinski definition) is 4. The molecule has 23 heavy (non-hydrogen) atoms. The third-order valence-electron chi connectivity index (χ3n) is 4.63. The molecule has 2 amide bonds. The minimum absolute atomic E-state index is 0.00241. The van der Waals surface area contributed by atoms with Crippen molar-refractivity contribution in [3.8, 4) is 0 Å². The van der Waals surface area contributed by atoms with Crippen LogP contribution in [0.1, 0.15) is 37.4 Å². The van der Waals surface area contributed by atoms with E-state index in [2.05, 4.69) is 10.4 Å². The molecule has 1 saturated carbocycles. The molecule has 1 aliphatic heterocycles. The van der Waals surface area contributed by atoms with Gasteiger partial charge in [-0.15, -0.1) is 0 Å². The summed E-state index contributed by atoms with van der Waals surface area (Å²) in [4.78, 5) is 26.0. The number of ether oxygens (including phenoxy) is 1. The van der Waals surface area contributed by atoms with Crippen molar-refractivity contribution in [1.29, 1.82) is 0 Å². The van der Waals surface area contributed by atoms with E-state index in [4.69, 9.17) is 4.74 Å². The van der Waals surface area contributed by atoms with Crippen LogP contribution in [0.3, 0.4) is 0 Å². The number of hydrogen-bond donors (Lipinski definition) is 1. The van der Waals surface area contributed by atoms with Gasteiger partial charge in [0.2, 0.25) is 0 Å². The van der Waals surface area contributed by atoms with Crippen molar-refractivity contribution < 1.29 is 9.53 Å². The second-order valence-corrected chi connectivity index (χ2v) is 6.31. The van der Waals surface area contributed by atoms with Crippen molar-refractivity contribution in [2.24, 2.45) is 0 Å². The highest BCUT2D eigenvalue weighted by Gasteiger charge is 2.26. The van der Waals surface area contributed by atoms with E-state index in [1.54, 1.807) is 16.8 Å². The zero-order valence-electron chi connectivity index (χ0n) is 13.5. The second-order valence-electron chi connectivity index (χ2n) is 6.31. The molecule has 0 spiro atoms. The lowest BCUT2D eigenvalue weighted by Gasteiger charge is -2.33. The van der Waals surface area contributed by atoms with Crippen LogP contribution >= 0.6 is 0 Å². The molecule has 1 saturated heterocycles. The summed E-state index contributed by atoms with van der Waals surface area (Å²) in [5.41, 5.74) is 0.809. The van der Waals surface area contributed by atoms with Gasteiger partial charge >= 0.3 is 6.03 Å². The standard InChI is InChI=1S/C16H24N4O3/c1-12-2-7-15(21)20(18-12)14-5-3-13(4-6-14)17-16(22)19-8-10-23-11-9-19/h2,7,13-14H,3-6,8-11H2,1H3,(H,17,22). The molecule has 1 N–H and O–H groups in total. The van der Waals surface area contributed by atoms with Crippen LogP contribution in [-0.4, -0.2) is 53.1 Å². The van der Waals surface area contributed by atoms with E-state index < -0.39 is 0 Å². The quantitative estimate of drug-likeness (QED) is 0.884. The van der Waals surface area contributed by atoms with Crippen molar-refractivity contribution in [2.75, 3.05) is 26.3 Å². The number of nitrogens with one attached hydrogen (secondary N) is 1. The molecule has 0 bridgehead atoms. The van der Waals surface area contributed by atoms with Crippen molar-refractivity contribution in [1.82, 2.24) is 20.0 Å². The van der Waals surface area contributed by atoms with Crippen molar-refractivity contribution in [3.05, 3.63) is 28.2 Å². The van der Waals surface area contributed by atoms with Gasteiger partial charge < -0.3 is 15.0 Å². The Hall–Kier alpha value is -1.89. The van der Waals surface area contributed by atoms with Gasteiger partial charge in [-0.3, -0.25) is 4.79 Å². The second kappa shape index (κ2) is 7.12. The van der Waals surface area contributed by atoms with E-state index in [-0.39, 0.29) is 23.7 Å². The summed E-state index contributed by atoms with van der Waals surface area (Å²) in [6.07, 6.45) is 3.49. The Morgan fingerprint density at radius 1 is 1.22 bits per heavy atom. The molecule has 3 rings (SSSR count). The molecule has 1 aliphatic carbocycles. The summed E-state index contributed by atoms with van der Waals surface area (Å²) in [6.45, 7) is 4.43. The molecule has 2 heterocycles. The molecule has 1 aromatic heterocycles. The summed E-state index contributed by atoms with van der Waals surface area (Å²) in [6, 6.07) is 3.64. The van der Waals surface area contributed by atoms with Gasteiger partial charge in [0.15, 0.2) is 0 Å². The van der Waals surface area contributed by atoms with Crippen LogP contribution in [0, 0.1) is 6.92 Å². The van der Waals surface area contributed by atoms with Crippen LogP contribution in [0.2, 0.25) is 0 Å². The first-order valence-corrected chi connectivity index (χ1v) is 8.33. The van der Waals surface area contributed by atoms with E-state index >= 15 is 0 Å². The van der Waals surface area contributed by atoms with Crippen LogP contribution in [0.25, 0.3) is 0 Å². The molecule has 7 nitrogen and oxygen atoms in total. The third-order valence-corrected chi connectivity index (χ3v) is 4.63. The zero-order valence-corrected chi connectivity index (χ0v) is 13.5. The molecule has 2 aliphatic rings. The maximum atomic E-state index is 12.2. The van der Waals surface area contributed by atoms with Crippen molar-refractivity contribution in [2.45, 2.75) is 44.7 Å². The highest BCUT2D eigenvalue weighted by atomic mass is 16.5. The van der Waals surface area contributed by atoms with E-state index in [1.807, 2.05) is 11.8 Å². The maximum Gasteiger partial charge on any atom is 0.317 e. The zero-order chi connectivity index (χ0) is 16.2. The summed E-state index contributed by atoms with van der Waals surface area (Å²) >= 11 is 0. The molecule has 2 fully saturated rings. The van der Waals surface area contributed by atoms with E-state index in [0.29, 0.717) is 26.3 Å². The van der Waals surface area contributed by atoms with Gasteiger partial charge in [0, 0.05) is 25.2 Å². The lowest BCUT2D eigenvalue weighted by Crippen LogP contribution is -2.50. The largest absolute Gasteiger partial charge is 0.378 e. The number of aromatic nitrogens is 2. The maximum absolute atomic E-state index is 12.2. The van der Waals surface area contributed by atoms with Gasteiger partial charge in [-0.05, 0) is 38.7 Å². The van der Waals surface area contributed by atoms with Crippen LogP contribution < -0.4 is 10.9 Å². The SMILES string of the molecule is Cc1ccc(=O)n(C2CCC(NC(=O)N3CCOCC3)CC2)n1.